The summed E-state index contributed by atoms with van der Waals surface area (Å²) in [4.78, 5) is 16.3. The Kier molecular flexibility index (Phi) is 2.61. The van der Waals surface area contributed by atoms with E-state index in [1.807, 2.05) is 6.07 Å². The van der Waals surface area contributed by atoms with Crippen LogP contribution in [0.3, 0.4) is 0 Å². The molecule has 0 amide bonds. The summed E-state index contributed by atoms with van der Waals surface area (Å²) in [5, 5.41) is 0. The van der Waals surface area contributed by atoms with Crippen LogP contribution in [0.4, 0.5) is 5.69 Å². The number of fused-ring (bicyclic) bond motifs is 3. The molecule has 0 aromatic heterocycles. The molecular formula is C16H19NO. The monoisotopic (exact) mass is 241 g/mol. The molecule has 0 radical (unpaired) electrons. The molecule has 18 heavy (non-hydrogen) atoms. The Morgan fingerprint density at radius 1 is 1.44 bits per heavy atom. The number of ketones is 1. The maximum absolute atomic E-state index is 11.5. The highest BCUT2D eigenvalue weighted by atomic mass is 16.1. The molecule has 2 aliphatic rings. The molecule has 2 heteroatoms. The van der Waals surface area contributed by atoms with Gasteiger partial charge in [0.05, 0.1) is 5.69 Å². The fraction of sp³-hybridized carbons (Fsp3) is 0.500. The van der Waals surface area contributed by atoms with Gasteiger partial charge >= 0.3 is 0 Å². The SMILES string of the molecule is CC(=O)CC1CCCC2=Nc3ccccc3C21C. The topological polar surface area (TPSA) is 29.4 Å². The molecule has 1 heterocycles. The molecule has 1 aliphatic carbocycles. The predicted octanol–water partition coefficient (Wildman–Crippen LogP) is 3.81. The molecule has 2 atom stereocenters. The van der Waals surface area contributed by atoms with Gasteiger partial charge in [0.25, 0.3) is 0 Å². The van der Waals surface area contributed by atoms with Crippen LogP contribution in [0.2, 0.25) is 0 Å². The number of carbonyl (C=O) groups excluding carboxylic acids is 1. The number of hydrogen-bond acceptors (Lipinski definition) is 2. The van der Waals surface area contributed by atoms with Crippen molar-refractivity contribution in [3.63, 3.8) is 0 Å². The normalized spacial score (nSPS) is 29.4. The maximum atomic E-state index is 11.5. The van der Waals surface area contributed by atoms with Crippen LogP contribution in [0.15, 0.2) is 29.3 Å². The summed E-state index contributed by atoms with van der Waals surface area (Å²) in [7, 11) is 0. The second-order valence-corrected chi connectivity index (χ2v) is 5.77. The van der Waals surface area contributed by atoms with Gasteiger partial charge < -0.3 is 4.79 Å². The van der Waals surface area contributed by atoms with E-state index in [9.17, 15) is 4.79 Å². The summed E-state index contributed by atoms with van der Waals surface area (Å²) >= 11 is 0. The number of benzene rings is 1. The third-order valence-corrected chi connectivity index (χ3v) is 4.63. The zero-order valence-corrected chi connectivity index (χ0v) is 11.1. The van der Waals surface area contributed by atoms with Crippen LogP contribution in [-0.4, -0.2) is 11.5 Å². The number of rotatable bonds is 2. The summed E-state index contributed by atoms with van der Waals surface area (Å²) < 4.78 is 0. The molecule has 1 saturated carbocycles. The molecule has 0 saturated heterocycles. The van der Waals surface area contributed by atoms with Gasteiger partial charge in [-0.2, -0.15) is 0 Å². The lowest BCUT2D eigenvalue weighted by molar-refractivity contribution is -0.118. The Morgan fingerprint density at radius 2 is 2.22 bits per heavy atom. The van der Waals surface area contributed by atoms with Crippen LogP contribution in [0.1, 0.15) is 45.1 Å². The van der Waals surface area contributed by atoms with Gasteiger partial charge in [0.2, 0.25) is 0 Å². The number of carbonyl (C=O) groups is 1. The molecule has 1 fully saturated rings. The van der Waals surface area contributed by atoms with Gasteiger partial charge in [0.15, 0.2) is 0 Å². The average Bonchev–Trinajstić information content (AvgIpc) is 2.64. The van der Waals surface area contributed by atoms with Gasteiger partial charge in [-0.3, -0.25) is 4.99 Å². The van der Waals surface area contributed by atoms with Gasteiger partial charge in [-0.1, -0.05) is 18.2 Å². The first-order valence-electron chi connectivity index (χ1n) is 6.79. The number of nitrogens with zero attached hydrogens (tertiary/aromatic N) is 1. The first-order valence-corrected chi connectivity index (χ1v) is 6.79. The number of hydrogen-bond donors (Lipinski definition) is 0. The molecule has 94 valence electrons. The second kappa shape index (κ2) is 4.04. The van der Waals surface area contributed by atoms with E-state index in [1.165, 1.54) is 17.7 Å². The van der Waals surface area contributed by atoms with Crippen molar-refractivity contribution in [3.05, 3.63) is 29.8 Å². The number of aliphatic imine (C=N–C) groups is 1. The van der Waals surface area contributed by atoms with E-state index in [-0.39, 0.29) is 5.41 Å². The first-order chi connectivity index (χ1) is 8.62. The van der Waals surface area contributed by atoms with E-state index in [1.54, 1.807) is 6.92 Å². The Balaban J connectivity index is 2.07. The Morgan fingerprint density at radius 3 is 3.00 bits per heavy atom. The van der Waals surface area contributed by atoms with Crippen LogP contribution in [0.5, 0.6) is 0 Å². The minimum Gasteiger partial charge on any atom is -0.300 e. The minimum atomic E-state index is 0.000509. The number of Topliss-reactive ketones (excluding diaryl/α,β-unsaturated/α-hetero) is 1. The van der Waals surface area contributed by atoms with Crippen LogP contribution in [0, 0.1) is 5.92 Å². The molecule has 3 rings (SSSR count). The van der Waals surface area contributed by atoms with E-state index in [0.717, 1.165) is 18.5 Å². The van der Waals surface area contributed by atoms with Crippen molar-refractivity contribution in [2.45, 2.75) is 44.9 Å². The van der Waals surface area contributed by atoms with E-state index in [0.29, 0.717) is 18.1 Å². The highest BCUT2D eigenvalue weighted by molar-refractivity contribution is 6.02. The molecule has 0 N–H and O–H groups in total. The minimum absolute atomic E-state index is 0.000509. The third-order valence-electron chi connectivity index (χ3n) is 4.63. The van der Waals surface area contributed by atoms with E-state index in [4.69, 9.17) is 4.99 Å². The largest absolute Gasteiger partial charge is 0.300 e. The van der Waals surface area contributed by atoms with Crippen molar-refractivity contribution in [2.24, 2.45) is 10.9 Å². The zero-order chi connectivity index (χ0) is 12.8. The Bertz CT molecular complexity index is 532. The summed E-state index contributed by atoms with van der Waals surface area (Å²) in [6, 6.07) is 8.41. The lowest BCUT2D eigenvalue weighted by atomic mass is 9.62. The van der Waals surface area contributed by atoms with E-state index >= 15 is 0 Å². The molecule has 1 aromatic carbocycles. The lowest BCUT2D eigenvalue weighted by Crippen LogP contribution is -2.42. The van der Waals surface area contributed by atoms with Crippen molar-refractivity contribution >= 4 is 17.2 Å². The quantitative estimate of drug-likeness (QED) is 0.774. The maximum Gasteiger partial charge on any atom is 0.130 e. The molecular weight excluding hydrogens is 222 g/mol. The van der Waals surface area contributed by atoms with Crippen molar-refractivity contribution < 1.29 is 4.79 Å². The second-order valence-electron chi connectivity index (χ2n) is 5.77. The molecule has 2 unspecified atom stereocenters. The summed E-state index contributed by atoms with van der Waals surface area (Å²) in [6.45, 7) is 3.99. The van der Waals surface area contributed by atoms with Crippen LogP contribution >= 0.6 is 0 Å². The summed E-state index contributed by atoms with van der Waals surface area (Å²) in [5.74, 6) is 0.720. The van der Waals surface area contributed by atoms with Gasteiger partial charge in [-0.15, -0.1) is 0 Å². The highest BCUT2D eigenvalue weighted by Crippen LogP contribution is 2.51. The van der Waals surface area contributed by atoms with Crippen molar-refractivity contribution in [3.8, 4) is 0 Å². The molecule has 0 bridgehead atoms. The molecule has 1 aromatic rings. The summed E-state index contributed by atoms with van der Waals surface area (Å²) in [5.41, 5.74) is 3.73. The van der Waals surface area contributed by atoms with Gasteiger partial charge in [-0.05, 0) is 50.7 Å². The molecule has 2 nitrogen and oxygen atoms in total. The van der Waals surface area contributed by atoms with Crippen molar-refractivity contribution in [2.75, 3.05) is 0 Å². The predicted molar refractivity (Wildman–Crippen MR) is 73.5 cm³/mol. The smallest absolute Gasteiger partial charge is 0.130 e. The lowest BCUT2D eigenvalue weighted by Gasteiger charge is -2.40. The van der Waals surface area contributed by atoms with Crippen LogP contribution < -0.4 is 0 Å². The Hall–Kier alpha value is -1.44. The first kappa shape index (κ1) is 11.6. The molecule has 0 spiro atoms. The van der Waals surface area contributed by atoms with Crippen LogP contribution in [-0.2, 0) is 10.2 Å². The van der Waals surface area contributed by atoms with Crippen molar-refractivity contribution in [1.82, 2.24) is 0 Å². The van der Waals surface area contributed by atoms with E-state index in [2.05, 4.69) is 25.1 Å². The van der Waals surface area contributed by atoms with Crippen LogP contribution in [0.25, 0.3) is 0 Å². The Labute approximate surface area is 108 Å². The fourth-order valence-corrected chi connectivity index (χ4v) is 3.66. The summed E-state index contributed by atoms with van der Waals surface area (Å²) in [6.07, 6.45) is 4.08. The average molecular weight is 241 g/mol. The van der Waals surface area contributed by atoms with Gasteiger partial charge in [0.1, 0.15) is 5.78 Å². The van der Waals surface area contributed by atoms with Gasteiger partial charge in [-0.25, -0.2) is 0 Å². The fourth-order valence-electron chi connectivity index (χ4n) is 3.66. The zero-order valence-electron chi connectivity index (χ0n) is 11.1. The molecule has 1 aliphatic heterocycles. The third kappa shape index (κ3) is 1.55. The van der Waals surface area contributed by atoms with Gasteiger partial charge in [0, 0.05) is 17.5 Å². The highest BCUT2D eigenvalue weighted by Gasteiger charge is 2.47. The standard InChI is InChI=1S/C16H19NO/c1-11(18)10-12-6-5-9-15-16(12,2)13-7-3-4-8-14(13)17-15/h3-4,7-8,12H,5-6,9-10H2,1-2H3. The number of para-hydroxylation sites is 1. The van der Waals surface area contributed by atoms with E-state index < -0.39 is 0 Å². The van der Waals surface area contributed by atoms with Crippen molar-refractivity contribution in [1.29, 1.82) is 0 Å².